The van der Waals surface area contributed by atoms with Crippen LogP contribution < -0.4 is 0 Å². The number of imidazole rings is 1. The van der Waals surface area contributed by atoms with Crippen LogP contribution in [-0.2, 0) is 0 Å². The fraction of sp³-hybridized carbons (Fsp3) is 0. The minimum atomic E-state index is -0.383. The van der Waals surface area contributed by atoms with E-state index < -0.39 is 0 Å². The molecule has 0 radical (unpaired) electrons. The van der Waals surface area contributed by atoms with E-state index in [4.69, 9.17) is 11.6 Å². The van der Waals surface area contributed by atoms with Crippen molar-refractivity contribution in [3.63, 3.8) is 0 Å². The number of nitrogens with one attached hydrogen (secondary N) is 1. The molecular weight excluding hydrogens is 243 g/mol. The Bertz CT molecular complexity index is 678. The van der Waals surface area contributed by atoms with Crippen LogP contribution in [0.3, 0.4) is 0 Å². The van der Waals surface area contributed by atoms with E-state index >= 15 is 0 Å². The summed E-state index contributed by atoms with van der Waals surface area (Å²) >= 11 is 5.76. The number of nitrogens with zero attached hydrogens (tertiary/aromatic N) is 3. The Hall–Kier alpha value is -2.01. The Morgan fingerprint density at radius 1 is 1.12 bits per heavy atom. The van der Waals surface area contributed by atoms with Crippen molar-refractivity contribution < 1.29 is 4.39 Å². The lowest BCUT2D eigenvalue weighted by atomic mass is 10.3. The number of aromatic amines is 1. The van der Waals surface area contributed by atoms with E-state index in [0.29, 0.717) is 22.3 Å². The van der Waals surface area contributed by atoms with E-state index in [1.807, 2.05) is 0 Å². The highest BCUT2D eigenvalue weighted by atomic mass is 35.5. The summed E-state index contributed by atoms with van der Waals surface area (Å²) in [7, 11) is 0. The van der Waals surface area contributed by atoms with Crippen molar-refractivity contribution in [3.05, 3.63) is 41.4 Å². The smallest absolute Gasteiger partial charge is 0.179 e. The molecule has 0 saturated carbocycles. The fourth-order valence-electron chi connectivity index (χ4n) is 1.51. The molecule has 0 spiro atoms. The second kappa shape index (κ2) is 3.78. The van der Waals surface area contributed by atoms with Gasteiger partial charge in [0, 0.05) is 0 Å². The van der Waals surface area contributed by atoms with Gasteiger partial charge in [0.25, 0.3) is 0 Å². The third-order valence-electron chi connectivity index (χ3n) is 2.28. The van der Waals surface area contributed by atoms with Gasteiger partial charge in [-0.25, -0.2) is 19.3 Å². The summed E-state index contributed by atoms with van der Waals surface area (Å²) in [6.07, 6.45) is 1.14. The number of hydrogen-bond acceptors (Lipinski definition) is 3. The molecule has 0 saturated heterocycles. The fourth-order valence-corrected chi connectivity index (χ4v) is 1.65. The monoisotopic (exact) mass is 248 g/mol. The molecule has 0 aliphatic heterocycles. The molecule has 3 heterocycles. The van der Waals surface area contributed by atoms with Crippen LogP contribution >= 0.6 is 11.6 Å². The number of halogens is 2. The quantitative estimate of drug-likeness (QED) is 0.674. The maximum atomic E-state index is 12.7. The number of rotatable bonds is 1. The van der Waals surface area contributed by atoms with Gasteiger partial charge in [-0.2, -0.15) is 0 Å². The highest BCUT2D eigenvalue weighted by molar-refractivity contribution is 6.29. The van der Waals surface area contributed by atoms with Crippen molar-refractivity contribution in [2.45, 2.75) is 0 Å². The van der Waals surface area contributed by atoms with Crippen LogP contribution in [0.2, 0.25) is 5.15 Å². The third-order valence-corrected chi connectivity index (χ3v) is 2.49. The molecule has 6 heteroatoms. The van der Waals surface area contributed by atoms with Crippen molar-refractivity contribution in [1.29, 1.82) is 0 Å². The Kier molecular flexibility index (Phi) is 2.26. The lowest BCUT2D eigenvalue weighted by Gasteiger charge is -1.93. The maximum Gasteiger partial charge on any atom is 0.179 e. The van der Waals surface area contributed by atoms with E-state index in [1.165, 1.54) is 6.07 Å². The van der Waals surface area contributed by atoms with Gasteiger partial charge in [-0.1, -0.05) is 11.6 Å². The van der Waals surface area contributed by atoms with Gasteiger partial charge < -0.3 is 4.98 Å². The van der Waals surface area contributed by atoms with Gasteiger partial charge in [-0.3, -0.25) is 0 Å². The van der Waals surface area contributed by atoms with Gasteiger partial charge in [-0.15, -0.1) is 0 Å². The van der Waals surface area contributed by atoms with Gasteiger partial charge >= 0.3 is 0 Å². The van der Waals surface area contributed by atoms with Gasteiger partial charge in [0.2, 0.25) is 0 Å². The lowest BCUT2D eigenvalue weighted by molar-refractivity contribution is 0.621. The molecule has 0 aromatic carbocycles. The third kappa shape index (κ3) is 1.85. The Morgan fingerprint density at radius 3 is 2.76 bits per heavy atom. The average molecular weight is 249 g/mol. The zero-order chi connectivity index (χ0) is 11.8. The van der Waals surface area contributed by atoms with Crippen LogP contribution in [0, 0.1) is 5.82 Å². The average Bonchev–Trinajstić information content (AvgIpc) is 2.72. The molecule has 84 valence electrons. The summed E-state index contributed by atoms with van der Waals surface area (Å²) in [5.74, 6) is 0.154. The zero-order valence-corrected chi connectivity index (χ0v) is 9.24. The summed E-state index contributed by atoms with van der Waals surface area (Å²) in [6.45, 7) is 0. The van der Waals surface area contributed by atoms with Crippen molar-refractivity contribution >= 4 is 22.8 Å². The largest absolute Gasteiger partial charge is 0.335 e. The van der Waals surface area contributed by atoms with Crippen LogP contribution in [0.5, 0.6) is 0 Å². The molecule has 3 aromatic rings. The molecule has 3 aromatic heterocycles. The topological polar surface area (TPSA) is 54.5 Å². The molecule has 0 unspecified atom stereocenters. The Labute approximate surface area is 101 Å². The summed E-state index contributed by atoms with van der Waals surface area (Å²) in [5.41, 5.74) is 1.83. The lowest BCUT2D eigenvalue weighted by Crippen LogP contribution is -1.86. The summed E-state index contributed by atoms with van der Waals surface area (Å²) < 4.78 is 12.7. The molecule has 0 aliphatic rings. The molecule has 0 bridgehead atoms. The molecule has 0 aliphatic carbocycles. The minimum absolute atomic E-state index is 0.377. The van der Waals surface area contributed by atoms with Crippen LogP contribution in [0.15, 0.2) is 30.5 Å². The van der Waals surface area contributed by atoms with Gasteiger partial charge in [0.15, 0.2) is 11.5 Å². The van der Waals surface area contributed by atoms with Crippen LogP contribution in [0.25, 0.3) is 22.7 Å². The van der Waals surface area contributed by atoms with Crippen molar-refractivity contribution in [3.8, 4) is 11.5 Å². The number of hydrogen-bond donors (Lipinski definition) is 1. The highest BCUT2D eigenvalue weighted by Crippen LogP contribution is 2.18. The summed E-state index contributed by atoms with van der Waals surface area (Å²) in [5, 5.41) is 0.377. The van der Waals surface area contributed by atoms with Crippen LogP contribution in [0.1, 0.15) is 0 Å². The predicted molar refractivity (Wildman–Crippen MR) is 62.1 cm³/mol. The van der Waals surface area contributed by atoms with E-state index in [2.05, 4.69) is 19.9 Å². The number of fused-ring (bicyclic) bond motifs is 1. The van der Waals surface area contributed by atoms with Crippen molar-refractivity contribution in [2.24, 2.45) is 0 Å². The first-order chi connectivity index (χ1) is 8.22. The molecule has 0 fully saturated rings. The molecule has 0 atom stereocenters. The van der Waals surface area contributed by atoms with Gasteiger partial charge in [-0.05, 0) is 24.3 Å². The minimum Gasteiger partial charge on any atom is -0.335 e. The van der Waals surface area contributed by atoms with Gasteiger partial charge in [0.1, 0.15) is 16.7 Å². The zero-order valence-electron chi connectivity index (χ0n) is 8.48. The van der Waals surface area contributed by atoms with Crippen molar-refractivity contribution in [2.75, 3.05) is 0 Å². The molecule has 17 heavy (non-hydrogen) atoms. The maximum absolute atomic E-state index is 12.7. The first-order valence-corrected chi connectivity index (χ1v) is 5.24. The second-order valence-electron chi connectivity index (χ2n) is 3.45. The number of aromatic nitrogens is 4. The standard InChI is InChI=1S/C11H6ClFN4/c12-9-4-3-8-11(16-9)17-10(15-8)7-2-1-6(13)5-14-7/h1-5H,(H,15,16,17). The predicted octanol–water partition coefficient (Wildman–Crippen LogP) is 2.81. The van der Waals surface area contributed by atoms with E-state index in [0.717, 1.165) is 11.7 Å². The Balaban J connectivity index is 2.14. The number of pyridine rings is 2. The number of H-pyrrole nitrogens is 1. The first-order valence-electron chi connectivity index (χ1n) is 4.86. The first kappa shape index (κ1) is 10.2. The normalized spacial score (nSPS) is 10.9. The molecule has 0 amide bonds. The molecule has 4 nitrogen and oxygen atoms in total. The molecule has 3 rings (SSSR count). The second-order valence-corrected chi connectivity index (χ2v) is 3.84. The van der Waals surface area contributed by atoms with E-state index in [9.17, 15) is 4.39 Å². The molecular formula is C11H6ClFN4. The van der Waals surface area contributed by atoms with Crippen molar-refractivity contribution in [1.82, 2.24) is 19.9 Å². The van der Waals surface area contributed by atoms with Crippen LogP contribution in [-0.4, -0.2) is 19.9 Å². The molecule has 1 N–H and O–H groups in total. The SMILES string of the molecule is Fc1ccc(-c2nc3nc(Cl)ccc3[nH]2)nc1. The highest BCUT2D eigenvalue weighted by Gasteiger charge is 2.07. The van der Waals surface area contributed by atoms with E-state index in [1.54, 1.807) is 18.2 Å². The summed E-state index contributed by atoms with van der Waals surface area (Å²) in [6, 6.07) is 6.33. The Morgan fingerprint density at radius 2 is 2.00 bits per heavy atom. The van der Waals surface area contributed by atoms with Crippen LogP contribution in [0.4, 0.5) is 4.39 Å². The van der Waals surface area contributed by atoms with E-state index in [-0.39, 0.29) is 5.82 Å². The van der Waals surface area contributed by atoms with Gasteiger partial charge in [0.05, 0.1) is 11.7 Å². The summed E-state index contributed by atoms with van der Waals surface area (Å²) in [4.78, 5) is 15.3.